The molecule has 0 fully saturated rings. The molecule has 2 aliphatic heterocycles. The zero-order valence-electron chi connectivity index (χ0n) is 5.80. The zero-order chi connectivity index (χ0) is 6.81. The van der Waals surface area contributed by atoms with E-state index in [1.54, 1.807) is 0 Å². The minimum absolute atomic E-state index is 0.561. The van der Waals surface area contributed by atoms with E-state index < -0.39 is 0 Å². The Morgan fingerprint density at radius 2 is 2.60 bits per heavy atom. The molecule has 2 rings (SSSR count). The average Bonchev–Trinajstić information content (AvgIpc) is 2.05. The molecule has 10 heavy (non-hydrogen) atoms. The van der Waals surface area contributed by atoms with Crippen LogP contribution in [0.3, 0.4) is 0 Å². The molecule has 2 aliphatic rings. The maximum Gasteiger partial charge on any atom is 0.167 e. The van der Waals surface area contributed by atoms with Gasteiger partial charge in [-0.15, -0.1) is 0 Å². The molecule has 0 radical (unpaired) electrons. The number of fused-ring (bicyclic) bond motifs is 1. The molecule has 2 heteroatoms. The number of hydrogen-bond acceptors (Lipinski definition) is 1. The third-order valence-electron chi connectivity index (χ3n) is 1.93. The topological polar surface area (TPSA) is 26.0 Å². The van der Waals surface area contributed by atoms with E-state index in [2.05, 4.69) is 22.6 Å². The quantitative estimate of drug-likeness (QED) is 0.435. The summed E-state index contributed by atoms with van der Waals surface area (Å²) >= 11 is 0. The molecule has 1 atom stereocenters. The SMILES string of the molecule is C1=CNC2CC[NH+]=CC2=C1. The first-order valence-corrected chi connectivity index (χ1v) is 3.66. The summed E-state index contributed by atoms with van der Waals surface area (Å²) in [7, 11) is 0. The van der Waals surface area contributed by atoms with Gasteiger partial charge in [0.2, 0.25) is 0 Å². The molecule has 0 aromatic heterocycles. The molecular formula is C8H11N2+. The monoisotopic (exact) mass is 135 g/mol. The fourth-order valence-corrected chi connectivity index (χ4v) is 1.36. The number of rotatable bonds is 0. The standard InChI is InChI=1S/C8H10N2/c1-2-7-6-9-5-3-8(7)10-4-1/h1-2,4,6,8,10H,3,5H2/p+1. The molecule has 2 nitrogen and oxygen atoms in total. The van der Waals surface area contributed by atoms with E-state index >= 15 is 0 Å². The van der Waals surface area contributed by atoms with Crippen LogP contribution in [0.2, 0.25) is 0 Å². The summed E-state index contributed by atoms with van der Waals surface area (Å²) in [6.07, 6.45) is 9.47. The van der Waals surface area contributed by atoms with E-state index in [0.717, 1.165) is 6.54 Å². The Morgan fingerprint density at radius 3 is 3.50 bits per heavy atom. The summed E-state index contributed by atoms with van der Waals surface area (Å²) in [5.74, 6) is 0. The van der Waals surface area contributed by atoms with Gasteiger partial charge in [-0.2, -0.15) is 0 Å². The maximum atomic E-state index is 3.30. The van der Waals surface area contributed by atoms with Crippen LogP contribution in [0.5, 0.6) is 0 Å². The van der Waals surface area contributed by atoms with Crippen LogP contribution in [0, 0.1) is 0 Å². The van der Waals surface area contributed by atoms with Gasteiger partial charge >= 0.3 is 0 Å². The molecule has 1 unspecified atom stereocenters. The van der Waals surface area contributed by atoms with Crippen molar-refractivity contribution >= 4 is 6.21 Å². The van der Waals surface area contributed by atoms with Crippen LogP contribution in [0.1, 0.15) is 6.42 Å². The van der Waals surface area contributed by atoms with Crippen LogP contribution in [-0.2, 0) is 0 Å². The van der Waals surface area contributed by atoms with Gasteiger partial charge in [-0.25, -0.2) is 4.99 Å². The molecule has 0 aliphatic carbocycles. The van der Waals surface area contributed by atoms with E-state index in [4.69, 9.17) is 0 Å². The van der Waals surface area contributed by atoms with Gasteiger partial charge in [0.25, 0.3) is 0 Å². The highest BCUT2D eigenvalue weighted by molar-refractivity contribution is 5.77. The summed E-state index contributed by atoms with van der Waals surface area (Å²) in [5.41, 5.74) is 1.37. The summed E-state index contributed by atoms with van der Waals surface area (Å²) < 4.78 is 0. The first-order chi connectivity index (χ1) is 4.97. The lowest BCUT2D eigenvalue weighted by atomic mass is 10.0. The molecule has 0 saturated heterocycles. The normalized spacial score (nSPS) is 28.8. The zero-order valence-corrected chi connectivity index (χ0v) is 5.80. The molecule has 2 heterocycles. The van der Waals surface area contributed by atoms with Crippen molar-refractivity contribution in [1.82, 2.24) is 5.32 Å². The number of hydrogen-bond donors (Lipinski definition) is 2. The molecule has 0 aromatic rings. The van der Waals surface area contributed by atoms with Crippen LogP contribution in [0.25, 0.3) is 0 Å². The highest BCUT2D eigenvalue weighted by Gasteiger charge is 2.18. The number of allylic oxidation sites excluding steroid dienone is 2. The van der Waals surface area contributed by atoms with Gasteiger partial charge in [0.15, 0.2) is 6.21 Å². The summed E-state index contributed by atoms with van der Waals surface area (Å²) in [5, 5.41) is 3.30. The van der Waals surface area contributed by atoms with Gasteiger partial charge in [0.1, 0.15) is 6.54 Å². The predicted molar refractivity (Wildman–Crippen MR) is 40.7 cm³/mol. The third kappa shape index (κ3) is 0.856. The molecule has 0 aromatic carbocycles. The van der Waals surface area contributed by atoms with Gasteiger partial charge in [-0.1, -0.05) is 0 Å². The number of dihydropyridines is 1. The molecular weight excluding hydrogens is 124 g/mol. The van der Waals surface area contributed by atoms with Crippen molar-refractivity contribution in [3.63, 3.8) is 0 Å². The highest BCUT2D eigenvalue weighted by Crippen LogP contribution is 2.07. The Kier molecular flexibility index (Phi) is 1.31. The van der Waals surface area contributed by atoms with Gasteiger partial charge in [-0.05, 0) is 18.4 Å². The lowest BCUT2D eigenvalue weighted by Crippen LogP contribution is -2.73. The predicted octanol–water partition coefficient (Wildman–Crippen LogP) is -1.05. The van der Waals surface area contributed by atoms with Gasteiger partial charge in [0.05, 0.1) is 6.04 Å². The second-order valence-corrected chi connectivity index (χ2v) is 2.63. The Hall–Kier alpha value is -1.05. The Balaban J connectivity index is 2.27. The van der Waals surface area contributed by atoms with E-state index in [1.165, 1.54) is 12.0 Å². The third-order valence-corrected chi connectivity index (χ3v) is 1.93. The lowest BCUT2D eigenvalue weighted by molar-refractivity contribution is -0.455. The van der Waals surface area contributed by atoms with Crippen LogP contribution in [-0.4, -0.2) is 18.8 Å². The smallest absolute Gasteiger partial charge is 0.167 e. The van der Waals surface area contributed by atoms with Crippen LogP contribution in [0.15, 0.2) is 23.9 Å². The average molecular weight is 135 g/mol. The first-order valence-electron chi connectivity index (χ1n) is 3.66. The molecule has 0 saturated carbocycles. The molecule has 2 N–H and O–H groups in total. The molecule has 52 valence electrons. The van der Waals surface area contributed by atoms with Crippen LogP contribution in [0.4, 0.5) is 0 Å². The van der Waals surface area contributed by atoms with Gasteiger partial charge in [0, 0.05) is 12.0 Å². The summed E-state index contributed by atoms with van der Waals surface area (Å²) in [4.78, 5) is 3.22. The van der Waals surface area contributed by atoms with Gasteiger partial charge < -0.3 is 5.32 Å². The van der Waals surface area contributed by atoms with E-state index in [9.17, 15) is 0 Å². The van der Waals surface area contributed by atoms with Crippen LogP contribution >= 0.6 is 0 Å². The minimum atomic E-state index is 0.561. The van der Waals surface area contributed by atoms with Crippen molar-refractivity contribution in [1.29, 1.82) is 0 Å². The minimum Gasteiger partial charge on any atom is -0.384 e. The second-order valence-electron chi connectivity index (χ2n) is 2.63. The van der Waals surface area contributed by atoms with Crippen LogP contribution < -0.4 is 10.3 Å². The molecule has 0 bridgehead atoms. The summed E-state index contributed by atoms with van der Waals surface area (Å²) in [6, 6.07) is 0.561. The van der Waals surface area contributed by atoms with Crippen molar-refractivity contribution in [2.45, 2.75) is 12.5 Å². The second kappa shape index (κ2) is 2.29. The molecule has 0 amide bonds. The largest absolute Gasteiger partial charge is 0.384 e. The van der Waals surface area contributed by atoms with Crippen molar-refractivity contribution in [2.75, 3.05) is 6.54 Å². The summed E-state index contributed by atoms with van der Waals surface area (Å²) in [6.45, 7) is 1.09. The van der Waals surface area contributed by atoms with Crippen molar-refractivity contribution in [3.05, 3.63) is 23.9 Å². The maximum absolute atomic E-state index is 3.30. The molecule has 0 spiro atoms. The van der Waals surface area contributed by atoms with E-state index in [0.29, 0.717) is 6.04 Å². The Labute approximate surface area is 60.3 Å². The fourth-order valence-electron chi connectivity index (χ4n) is 1.36. The highest BCUT2D eigenvalue weighted by atomic mass is 14.9. The van der Waals surface area contributed by atoms with Crippen molar-refractivity contribution < 1.29 is 4.99 Å². The fraction of sp³-hybridized carbons (Fsp3) is 0.375. The van der Waals surface area contributed by atoms with E-state index in [1.807, 2.05) is 12.3 Å². The Bertz CT molecular complexity index is 213. The van der Waals surface area contributed by atoms with Gasteiger partial charge in [-0.3, -0.25) is 0 Å². The van der Waals surface area contributed by atoms with Crippen molar-refractivity contribution in [3.8, 4) is 0 Å². The lowest BCUT2D eigenvalue weighted by Gasteiger charge is -2.19. The van der Waals surface area contributed by atoms with E-state index in [-0.39, 0.29) is 0 Å². The first kappa shape index (κ1) is 5.71. The number of nitrogens with one attached hydrogen (secondary N) is 2. The van der Waals surface area contributed by atoms with Crippen molar-refractivity contribution in [2.24, 2.45) is 0 Å². The Morgan fingerprint density at radius 1 is 1.60 bits per heavy atom.